The quantitative estimate of drug-likeness (QED) is 0.525. The van der Waals surface area contributed by atoms with E-state index in [0.29, 0.717) is 0 Å². The minimum atomic E-state index is 0.739. The summed E-state index contributed by atoms with van der Waals surface area (Å²) in [6.45, 7) is 3.74. The minimum absolute atomic E-state index is 0.739. The summed E-state index contributed by atoms with van der Waals surface area (Å²) in [6.07, 6.45) is 9.40. The summed E-state index contributed by atoms with van der Waals surface area (Å²) < 4.78 is 12.4. The van der Waals surface area contributed by atoms with Crippen LogP contribution in [0.2, 0.25) is 0 Å². The van der Waals surface area contributed by atoms with E-state index in [4.69, 9.17) is 9.47 Å². The van der Waals surface area contributed by atoms with Crippen molar-refractivity contribution in [3.63, 3.8) is 0 Å². The first kappa shape index (κ1) is 16.1. The molecule has 5 nitrogen and oxygen atoms in total. The Morgan fingerprint density at radius 2 is 2.05 bits per heavy atom. The van der Waals surface area contributed by atoms with E-state index in [1.807, 2.05) is 30.5 Å². The monoisotopic (exact) mass is 301 g/mol. The number of hydrogen-bond acceptors (Lipinski definition) is 4. The third kappa shape index (κ3) is 4.10. The van der Waals surface area contributed by atoms with E-state index >= 15 is 0 Å². The van der Waals surface area contributed by atoms with Gasteiger partial charge in [0.05, 0.1) is 26.1 Å². The molecule has 0 amide bonds. The maximum Gasteiger partial charge on any atom is 0.144 e. The summed E-state index contributed by atoms with van der Waals surface area (Å²) in [5.74, 6) is 1.50. The molecule has 0 atom stereocenters. The molecule has 0 aliphatic rings. The molecule has 0 N–H and O–H groups in total. The van der Waals surface area contributed by atoms with E-state index in [0.717, 1.165) is 42.1 Å². The highest BCUT2D eigenvalue weighted by Gasteiger charge is 2.10. The van der Waals surface area contributed by atoms with Gasteiger partial charge in [-0.15, -0.1) is 11.7 Å². The van der Waals surface area contributed by atoms with Crippen LogP contribution in [-0.2, 0) is 6.42 Å². The summed E-state index contributed by atoms with van der Waals surface area (Å²) in [5, 5.41) is 8.44. The lowest BCUT2D eigenvalue weighted by Crippen LogP contribution is -1.99. The van der Waals surface area contributed by atoms with Crippen LogP contribution in [0, 0.1) is 0 Å². The van der Waals surface area contributed by atoms with Gasteiger partial charge in [0.1, 0.15) is 17.2 Å². The molecule has 0 aliphatic carbocycles. The van der Waals surface area contributed by atoms with Crippen molar-refractivity contribution in [3.05, 3.63) is 42.7 Å². The summed E-state index contributed by atoms with van der Waals surface area (Å²) in [4.78, 5) is 0. The van der Waals surface area contributed by atoms with Crippen LogP contribution in [-0.4, -0.2) is 29.2 Å². The Kier molecular flexibility index (Phi) is 6.01. The highest BCUT2D eigenvalue weighted by molar-refractivity contribution is 5.50. The van der Waals surface area contributed by atoms with Gasteiger partial charge in [-0.2, -0.15) is 0 Å². The number of benzene rings is 1. The van der Waals surface area contributed by atoms with Crippen LogP contribution in [0.25, 0.3) is 5.69 Å². The van der Waals surface area contributed by atoms with Gasteiger partial charge in [-0.05, 0) is 37.8 Å². The smallest absolute Gasteiger partial charge is 0.144 e. The molecule has 0 fully saturated rings. The predicted molar refractivity (Wildman–Crippen MR) is 86.8 cm³/mol. The average molecular weight is 301 g/mol. The lowest BCUT2D eigenvalue weighted by atomic mass is 10.1. The van der Waals surface area contributed by atoms with E-state index in [-0.39, 0.29) is 0 Å². The van der Waals surface area contributed by atoms with Crippen molar-refractivity contribution in [3.8, 4) is 17.2 Å². The maximum absolute atomic E-state index is 5.38. The van der Waals surface area contributed by atoms with Gasteiger partial charge in [0.25, 0.3) is 0 Å². The van der Waals surface area contributed by atoms with Crippen molar-refractivity contribution in [2.24, 2.45) is 0 Å². The molecule has 22 heavy (non-hydrogen) atoms. The minimum Gasteiger partial charge on any atom is -0.497 e. The molecule has 0 bridgehead atoms. The zero-order valence-electron chi connectivity index (χ0n) is 13.3. The van der Waals surface area contributed by atoms with Gasteiger partial charge in [-0.25, -0.2) is 4.68 Å². The van der Waals surface area contributed by atoms with E-state index in [1.54, 1.807) is 18.9 Å². The molecule has 0 saturated heterocycles. The average Bonchev–Trinajstić information content (AvgIpc) is 3.02. The van der Waals surface area contributed by atoms with Crippen LogP contribution in [0.15, 0.2) is 37.1 Å². The molecule has 0 unspecified atom stereocenters. The Balaban J connectivity index is 2.05. The second-order valence-corrected chi connectivity index (χ2v) is 5.08. The number of rotatable bonds is 9. The number of aryl methyl sites for hydroxylation is 1. The Labute approximate surface area is 131 Å². The van der Waals surface area contributed by atoms with E-state index in [2.05, 4.69) is 16.9 Å². The molecule has 2 aromatic rings. The van der Waals surface area contributed by atoms with Crippen molar-refractivity contribution >= 4 is 0 Å². The van der Waals surface area contributed by atoms with Crippen LogP contribution < -0.4 is 9.47 Å². The summed E-state index contributed by atoms with van der Waals surface area (Å²) in [7, 11) is 3.28. The molecule has 2 rings (SSSR count). The fraction of sp³-hybridized carbons (Fsp3) is 0.412. The number of hydrogen-bond donors (Lipinski definition) is 0. The van der Waals surface area contributed by atoms with Crippen molar-refractivity contribution in [1.82, 2.24) is 15.0 Å². The van der Waals surface area contributed by atoms with Gasteiger partial charge in [0.15, 0.2) is 0 Å². The highest BCUT2D eigenvalue weighted by atomic mass is 16.5. The molecule has 0 spiro atoms. The second-order valence-electron chi connectivity index (χ2n) is 5.08. The standard InChI is InChI=1S/C17H23N3O2/c1-4-5-6-7-8-9-14-13-20(19-18-14)16-12-15(21-2)10-11-17(16)22-3/h4,10-13H,1,5-9H2,2-3H3. The second kappa shape index (κ2) is 8.22. The lowest BCUT2D eigenvalue weighted by molar-refractivity contribution is 0.400. The van der Waals surface area contributed by atoms with Gasteiger partial charge in [0.2, 0.25) is 0 Å². The molecule has 0 radical (unpaired) electrons. The van der Waals surface area contributed by atoms with Gasteiger partial charge in [0, 0.05) is 6.07 Å². The Hall–Kier alpha value is -2.30. The van der Waals surface area contributed by atoms with Crippen molar-refractivity contribution in [2.45, 2.75) is 32.1 Å². The molecule has 1 aromatic carbocycles. The predicted octanol–water partition coefficient (Wildman–Crippen LogP) is 3.57. The summed E-state index contributed by atoms with van der Waals surface area (Å²) >= 11 is 0. The largest absolute Gasteiger partial charge is 0.497 e. The highest BCUT2D eigenvalue weighted by Crippen LogP contribution is 2.27. The molecule has 0 aliphatic heterocycles. The van der Waals surface area contributed by atoms with Crippen LogP contribution in [0.1, 0.15) is 31.4 Å². The van der Waals surface area contributed by atoms with Gasteiger partial charge in [-0.3, -0.25) is 0 Å². The van der Waals surface area contributed by atoms with Gasteiger partial charge < -0.3 is 9.47 Å². The lowest BCUT2D eigenvalue weighted by Gasteiger charge is -2.09. The van der Waals surface area contributed by atoms with E-state index in [1.165, 1.54) is 12.8 Å². The first-order valence-electron chi connectivity index (χ1n) is 7.53. The van der Waals surface area contributed by atoms with E-state index in [9.17, 15) is 0 Å². The maximum atomic E-state index is 5.38. The number of unbranched alkanes of at least 4 members (excludes halogenated alkanes) is 3. The van der Waals surface area contributed by atoms with Crippen LogP contribution in [0.4, 0.5) is 0 Å². The molecule has 0 saturated carbocycles. The normalized spacial score (nSPS) is 10.5. The Bertz CT molecular complexity index is 608. The molecule has 1 aromatic heterocycles. The topological polar surface area (TPSA) is 49.2 Å². The van der Waals surface area contributed by atoms with Crippen molar-refractivity contribution in [2.75, 3.05) is 14.2 Å². The SMILES string of the molecule is C=CCCCCCc1cn(-c2cc(OC)ccc2OC)nn1. The number of aromatic nitrogens is 3. The first-order valence-corrected chi connectivity index (χ1v) is 7.53. The molecule has 118 valence electrons. The third-order valence-electron chi connectivity index (χ3n) is 3.51. The molecular formula is C17H23N3O2. The molecule has 1 heterocycles. The number of methoxy groups -OCH3 is 2. The number of allylic oxidation sites excluding steroid dienone is 1. The summed E-state index contributed by atoms with van der Waals surface area (Å²) in [6, 6.07) is 5.62. The van der Waals surface area contributed by atoms with Crippen LogP contribution >= 0.6 is 0 Å². The number of ether oxygens (including phenoxy) is 2. The Morgan fingerprint density at radius 1 is 1.18 bits per heavy atom. The van der Waals surface area contributed by atoms with E-state index < -0.39 is 0 Å². The summed E-state index contributed by atoms with van der Waals surface area (Å²) in [5.41, 5.74) is 1.82. The zero-order chi connectivity index (χ0) is 15.8. The van der Waals surface area contributed by atoms with Gasteiger partial charge >= 0.3 is 0 Å². The van der Waals surface area contributed by atoms with Crippen molar-refractivity contribution in [1.29, 1.82) is 0 Å². The fourth-order valence-corrected chi connectivity index (χ4v) is 2.28. The molecular weight excluding hydrogens is 278 g/mol. The van der Waals surface area contributed by atoms with Crippen LogP contribution in [0.3, 0.4) is 0 Å². The van der Waals surface area contributed by atoms with Crippen molar-refractivity contribution < 1.29 is 9.47 Å². The van der Waals surface area contributed by atoms with Crippen LogP contribution in [0.5, 0.6) is 11.5 Å². The fourth-order valence-electron chi connectivity index (χ4n) is 2.28. The molecule has 5 heteroatoms. The Morgan fingerprint density at radius 3 is 2.77 bits per heavy atom. The number of nitrogens with zero attached hydrogens (tertiary/aromatic N) is 3. The zero-order valence-corrected chi connectivity index (χ0v) is 13.3. The van der Waals surface area contributed by atoms with Gasteiger partial charge in [-0.1, -0.05) is 17.7 Å². The first-order chi connectivity index (χ1) is 10.8. The third-order valence-corrected chi connectivity index (χ3v) is 3.51.